The van der Waals surface area contributed by atoms with Crippen molar-refractivity contribution in [2.45, 2.75) is 45.4 Å². The maximum Gasteiger partial charge on any atom is 0.168 e. The number of rotatable bonds is 11. The molecule has 0 atom stereocenters. The van der Waals surface area contributed by atoms with Crippen LogP contribution in [0.25, 0.3) is 0 Å². The van der Waals surface area contributed by atoms with Crippen LogP contribution < -0.4 is 4.74 Å². The molecule has 2 N–H and O–H groups in total. The minimum absolute atomic E-state index is 0.0298. The SMILES string of the molecule is CCCc1ccc(CCc2ccc(CCCO)c(F)c2OCCO)cc1. The summed E-state index contributed by atoms with van der Waals surface area (Å²) in [4.78, 5) is 0. The lowest BCUT2D eigenvalue weighted by Crippen LogP contribution is -2.08. The molecule has 0 amide bonds. The van der Waals surface area contributed by atoms with Crippen LogP contribution in [0.15, 0.2) is 36.4 Å². The monoisotopic (exact) mass is 360 g/mol. The first kappa shape index (κ1) is 20.4. The highest BCUT2D eigenvalue weighted by atomic mass is 19.1. The van der Waals surface area contributed by atoms with Gasteiger partial charge in [-0.3, -0.25) is 0 Å². The van der Waals surface area contributed by atoms with E-state index in [0.717, 1.165) is 24.8 Å². The first-order chi connectivity index (χ1) is 12.7. The first-order valence-electron chi connectivity index (χ1n) is 9.42. The van der Waals surface area contributed by atoms with Crippen molar-refractivity contribution in [3.63, 3.8) is 0 Å². The van der Waals surface area contributed by atoms with Crippen molar-refractivity contribution in [1.29, 1.82) is 0 Å². The molecule has 3 nitrogen and oxygen atoms in total. The van der Waals surface area contributed by atoms with Crippen molar-refractivity contribution in [2.75, 3.05) is 19.8 Å². The molecule has 0 aliphatic heterocycles. The van der Waals surface area contributed by atoms with E-state index in [1.807, 2.05) is 6.07 Å². The number of ether oxygens (including phenoxy) is 1. The van der Waals surface area contributed by atoms with Crippen LogP contribution in [0, 0.1) is 5.82 Å². The highest BCUT2D eigenvalue weighted by Gasteiger charge is 2.15. The van der Waals surface area contributed by atoms with Crippen LogP contribution in [0.3, 0.4) is 0 Å². The molecule has 0 aliphatic rings. The summed E-state index contributed by atoms with van der Waals surface area (Å²) in [5.74, 6) is -0.139. The number of aliphatic hydroxyl groups excluding tert-OH is 2. The summed E-state index contributed by atoms with van der Waals surface area (Å²) in [7, 11) is 0. The van der Waals surface area contributed by atoms with E-state index < -0.39 is 0 Å². The molecule has 4 heteroatoms. The van der Waals surface area contributed by atoms with Crippen LogP contribution in [0.2, 0.25) is 0 Å². The molecule has 26 heavy (non-hydrogen) atoms. The third-order valence-corrected chi connectivity index (χ3v) is 4.45. The summed E-state index contributed by atoms with van der Waals surface area (Å²) < 4.78 is 20.2. The second kappa shape index (κ2) is 10.9. The van der Waals surface area contributed by atoms with Gasteiger partial charge in [0.05, 0.1) is 6.61 Å². The Morgan fingerprint density at radius 1 is 0.808 bits per heavy atom. The van der Waals surface area contributed by atoms with E-state index in [1.54, 1.807) is 6.07 Å². The Morgan fingerprint density at radius 2 is 1.46 bits per heavy atom. The highest BCUT2D eigenvalue weighted by Crippen LogP contribution is 2.28. The first-order valence-corrected chi connectivity index (χ1v) is 9.42. The summed E-state index contributed by atoms with van der Waals surface area (Å²) in [6, 6.07) is 12.2. The predicted molar refractivity (Wildman–Crippen MR) is 102 cm³/mol. The van der Waals surface area contributed by atoms with E-state index in [4.69, 9.17) is 14.9 Å². The molecule has 0 saturated heterocycles. The molecule has 0 radical (unpaired) electrons. The molecule has 0 fully saturated rings. The van der Waals surface area contributed by atoms with Gasteiger partial charge in [0, 0.05) is 6.61 Å². The lowest BCUT2D eigenvalue weighted by atomic mass is 9.99. The molecule has 2 aromatic rings. The molecular formula is C22H29FO3. The van der Waals surface area contributed by atoms with Gasteiger partial charge in [-0.25, -0.2) is 4.39 Å². The third kappa shape index (κ3) is 5.82. The fourth-order valence-electron chi connectivity index (χ4n) is 3.04. The van der Waals surface area contributed by atoms with Crippen molar-refractivity contribution in [1.82, 2.24) is 0 Å². The van der Waals surface area contributed by atoms with E-state index in [2.05, 4.69) is 31.2 Å². The van der Waals surface area contributed by atoms with E-state index in [9.17, 15) is 4.39 Å². The van der Waals surface area contributed by atoms with Gasteiger partial charge in [-0.1, -0.05) is 49.7 Å². The van der Waals surface area contributed by atoms with Gasteiger partial charge in [-0.15, -0.1) is 0 Å². The number of aliphatic hydroxyl groups is 2. The van der Waals surface area contributed by atoms with E-state index in [0.29, 0.717) is 24.8 Å². The quantitative estimate of drug-likeness (QED) is 0.640. The lowest BCUT2D eigenvalue weighted by Gasteiger charge is -2.15. The van der Waals surface area contributed by atoms with Crippen LogP contribution in [-0.2, 0) is 25.7 Å². The highest BCUT2D eigenvalue weighted by molar-refractivity contribution is 5.40. The molecular weight excluding hydrogens is 331 g/mol. The van der Waals surface area contributed by atoms with Crippen LogP contribution in [0.4, 0.5) is 4.39 Å². The molecule has 0 aliphatic carbocycles. The number of benzene rings is 2. The summed E-state index contributed by atoms with van der Waals surface area (Å²) in [5.41, 5.74) is 3.89. The zero-order chi connectivity index (χ0) is 18.8. The number of hydrogen-bond donors (Lipinski definition) is 2. The van der Waals surface area contributed by atoms with Gasteiger partial charge in [-0.2, -0.15) is 0 Å². The summed E-state index contributed by atoms with van der Waals surface area (Å²) in [6.07, 6.45) is 4.67. The zero-order valence-corrected chi connectivity index (χ0v) is 15.5. The number of hydrogen-bond acceptors (Lipinski definition) is 3. The Hall–Kier alpha value is -1.91. The molecule has 0 aromatic heterocycles. The summed E-state index contributed by atoms with van der Waals surface area (Å²) >= 11 is 0. The lowest BCUT2D eigenvalue weighted by molar-refractivity contribution is 0.195. The van der Waals surface area contributed by atoms with Gasteiger partial charge in [0.25, 0.3) is 0 Å². The molecule has 2 aromatic carbocycles. The van der Waals surface area contributed by atoms with Crippen LogP contribution in [0.5, 0.6) is 5.75 Å². The largest absolute Gasteiger partial charge is 0.488 e. The number of halogens is 1. The van der Waals surface area contributed by atoms with Gasteiger partial charge < -0.3 is 14.9 Å². The van der Waals surface area contributed by atoms with Gasteiger partial charge in [0.1, 0.15) is 6.61 Å². The van der Waals surface area contributed by atoms with Crippen molar-refractivity contribution >= 4 is 0 Å². The van der Waals surface area contributed by atoms with E-state index in [-0.39, 0.29) is 31.4 Å². The fourth-order valence-corrected chi connectivity index (χ4v) is 3.04. The average Bonchev–Trinajstić information content (AvgIpc) is 2.66. The van der Waals surface area contributed by atoms with E-state index in [1.165, 1.54) is 11.1 Å². The van der Waals surface area contributed by atoms with Crippen molar-refractivity contribution in [3.8, 4) is 5.75 Å². The Morgan fingerprint density at radius 3 is 2.08 bits per heavy atom. The Balaban J connectivity index is 2.12. The average molecular weight is 360 g/mol. The van der Waals surface area contributed by atoms with Gasteiger partial charge in [0.2, 0.25) is 0 Å². The van der Waals surface area contributed by atoms with Gasteiger partial charge >= 0.3 is 0 Å². The Kier molecular flexibility index (Phi) is 8.59. The normalized spacial score (nSPS) is 10.9. The third-order valence-electron chi connectivity index (χ3n) is 4.45. The van der Waals surface area contributed by atoms with Crippen molar-refractivity contribution < 1.29 is 19.3 Å². The predicted octanol–water partition coefficient (Wildman–Crippen LogP) is 3.86. The molecule has 0 spiro atoms. The maximum absolute atomic E-state index is 14.8. The maximum atomic E-state index is 14.8. The smallest absolute Gasteiger partial charge is 0.168 e. The fraction of sp³-hybridized carbons (Fsp3) is 0.455. The van der Waals surface area contributed by atoms with Gasteiger partial charge in [-0.05, 0) is 54.4 Å². The molecule has 0 bridgehead atoms. The molecule has 0 heterocycles. The van der Waals surface area contributed by atoms with Crippen LogP contribution in [0.1, 0.15) is 42.0 Å². The summed E-state index contributed by atoms with van der Waals surface area (Å²) in [5, 5.41) is 18.0. The minimum atomic E-state index is -0.373. The topological polar surface area (TPSA) is 49.7 Å². The molecule has 0 unspecified atom stereocenters. The Bertz CT molecular complexity index is 668. The van der Waals surface area contributed by atoms with Crippen molar-refractivity contribution in [2.24, 2.45) is 0 Å². The number of aryl methyl sites for hydroxylation is 4. The Labute approximate surface area is 155 Å². The molecule has 142 valence electrons. The van der Waals surface area contributed by atoms with Crippen molar-refractivity contribution in [3.05, 3.63) is 64.5 Å². The zero-order valence-electron chi connectivity index (χ0n) is 15.5. The van der Waals surface area contributed by atoms with E-state index >= 15 is 0 Å². The van der Waals surface area contributed by atoms with Gasteiger partial charge in [0.15, 0.2) is 11.6 Å². The second-order valence-electron chi connectivity index (χ2n) is 6.49. The standard InChI is InChI=1S/C22H29FO3/c1-2-4-17-6-8-18(9-7-17)10-11-20-13-12-19(5-3-14-24)21(23)22(20)26-16-15-25/h6-9,12-13,24-25H,2-5,10-11,14-16H2,1H3. The van der Waals surface area contributed by atoms with Crippen LogP contribution in [-0.4, -0.2) is 30.0 Å². The molecule has 2 rings (SSSR count). The molecule has 0 saturated carbocycles. The summed E-state index contributed by atoms with van der Waals surface area (Å²) in [6.45, 7) is 2.11. The van der Waals surface area contributed by atoms with Crippen LogP contribution >= 0.6 is 0 Å². The minimum Gasteiger partial charge on any atom is -0.488 e. The second-order valence-corrected chi connectivity index (χ2v) is 6.49.